The van der Waals surface area contributed by atoms with Crippen LogP contribution in [0, 0.1) is 6.92 Å². The van der Waals surface area contributed by atoms with Gasteiger partial charge in [0.25, 0.3) is 5.91 Å². The van der Waals surface area contributed by atoms with Crippen LogP contribution >= 0.6 is 11.3 Å². The maximum absolute atomic E-state index is 12.4. The van der Waals surface area contributed by atoms with Crippen LogP contribution in [0.2, 0.25) is 0 Å². The van der Waals surface area contributed by atoms with Crippen LogP contribution in [0.5, 0.6) is 5.75 Å². The van der Waals surface area contributed by atoms with E-state index in [1.807, 2.05) is 36.6 Å². The summed E-state index contributed by atoms with van der Waals surface area (Å²) in [5.74, 6) is 0.558. The molecule has 0 spiro atoms. The fourth-order valence-corrected chi connectivity index (χ4v) is 3.46. The van der Waals surface area contributed by atoms with Gasteiger partial charge >= 0.3 is 0 Å². The van der Waals surface area contributed by atoms with Crippen molar-refractivity contribution in [1.82, 2.24) is 24.9 Å². The number of thiazole rings is 1. The van der Waals surface area contributed by atoms with Crippen LogP contribution in [-0.4, -0.2) is 32.6 Å². The maximum Gasteiger partial charge on any atom is 0.272 e. The normalized spacial score (nSPS) is 10.9. The van der Waals surface area contributed by atoms with E-state index in [1.54, 1.807) is 30.0 Å². The highest BCUT2D eigenvalue weighted by Crippen LogP contribution is 2.25. The smallest absolute Gasteiger partial charge is 0.272 e. The fraction of sp³-hybridized carbons (Fsp3) is 0.158. The monoisotopic (exact) mass is 379 g/mol. The van der Waals surface area contributed by atoms with E-state index in [1.165, 1.54) is 11.3 Å². The van der Waals surface area contributed by atoms with E-state index in [0.717, 1.165) is 27.7 Å². The highest BCUT2D eigenvalue weighted by atomic mass is 32.1. The molecule has 27 heavy (non-hydrogen) atoms. The van der Waals surface area contributed by atoms with Crippen molar-refractivity contribution in [3.63, 3.8) is 0 Å². The van der Waals surface area contributed by atoms with E-state index >= 15 is 0 Å². The van der Waals surface area contributed by atoms with Gasteiger partial charge in [0.15, 0.2) is 5.65 Å². The Morgan fingerprint density at radius 1 is 1.19 bits per heavy atom. The molecule has 0 atom stereocenters. The van der Waals surface area contributed by atoms with Crippen LogP contribution in [0.3, 0.4) is 0 Å². The minimum atomic E-state index is -0.248. The number of imidazole rings is 1. The van der Waals surface area contributed by atoms with E-state index in [9.17, 15) is 4.79 Å². The molecule has 0 aliphatic carbocycles. The second-order valence-electron chi connectivity index (χ2n) is 5.96. The minimum Gasteiger partial charge on any atom is -0.497 e. The number of amides is 1. The second-order valence-corrected chi connectivity index (χ2v) is 6.82. The number of ether oxygens (including phenoxy) is 1. The molecule has 136 valence electrons. The Bertz CT molecular complexity index is 1100. The van der Waals surface area contributed by atoms with Gasteiger partial charge < -0.3 is 10.1 Å². The lowest BCUT2D eigenvalue weighted by Crippen LogP contribution is -2.24. The van der Waals surface area contributed by atoms with Crippen molar-refractivity contribution < 1.29 is 9.53 Å². The van der Waals surface area contributed by atoms with Crippen molar-refractivity contribution in [1.29, 1.82) is 0 Å². The molecule has 0 radical (unpaired) electrons. The molecule has 0 aliphatic heterocycles. The molecular weight excluding hydrogens is 362 g/mol. The number of nitrogens with zero attached hydrogens (tertiary/aromatic N) is 4. The third kappa shape index (κ3) is 3.65. The number of aryl methyl sites for hydroxylation is 1. The van der Waals surface area contributed by atoms with Crippen LogP contribution in [0.15, 0.2) is 48.0 Å². The Hall–Kier alpha value is -3.26. The van der Waals surface area contributed by atoms with Crippen LogP contribution < -0.4 is 10.1 Å². The second kappa shape index (κ2) is 7.16. The summed E-state index contributed by atoms with van der Waals surface area (Å²) in [6.45, 7) is 2.23. The Labute approximate surface area is 159 Å². The summed E-state index contributed by atoms with van der Waals surface area (Å²) in [6, 6.07) is 11.2. The van der Waals surface area contributed by atoms with Crippen molar-refractivity contribution in [3.05, 3.63) is 65.1 Å². The third-order valence-corrected chi connectivity index (χ3v) is 4.93. The molecule has 1 N–H and O–H groups in total. The van der Waals surface area contributed by atoms with E-state index < -0.39 is 0 Å². The summed E-state index contributed by atoms with van der Waals surface area (Å²) in [6.07, 6.45) is 1.79. The van der Waals surface area contributed by atoms with Gasteiger partial charge in [-0.3, -0.25) is 4.79 Å². The number of hydrogen-bond donors (Lipinski definition) is 1. The van der Waals surface area contributed by atoms with Gasteiger partial charge in [-0.05, 0) is 43.3 Å². The number of aromatic nitrogens is 4. The van der Waals surface area contributed by atoms with E-state index in [0.29, 0.717) is 17.9 Å². The molecule has 4 aromatic rings. The zero-order chi connectivity index (χ0) is 18.8. The molecule has 7 nitrogen and oxygen atoms in total. The van der Waals surface area contributed by atoms with Crippen LogP contribution in [0.4, 0.5) is 0 Å². The first kappa shape index (κ1) is 17.2. The summed E-state index contributed by atoms with van der Waals surface area (Å²) >= 11 is 1.54. The van der Waals surface area contributed by atoms with Crippen molar-refractivity contribution >= 4 is 22.9 Å². The SMILES string of the molecule is COc1ccc(-c2nc(CNC(=O)c3ccc4nc(C)cn4n3)cs2)cc1. The molecule has 0 saturated carbocycles. The van der Waals surface area contributed by atoms with Crippen LogP contribution in [0.1, 0.15) is 21.9 Å². The summed E-state index contributed by atoms with van der Waals surface area (Å²) in [5.41, 5.74) is 3.73. The number of benzene rings is 1. The van der Waals surface area contributed by atoms with Crippen molar-refractivity contribution in [2.24, 2.45) is 0 Å². The Balaban J connectivity index is 1.43. The van der Waals surface area contributed by atoms with Crippen LogP contribution in [0.25, 0.3) is 16.2 Å². The van der Waals surface area contributed by atoms with Crippen molar-refractivity contribution in [2.75, 3.05) is 7.11 Å². The largest absolute Gasteiger partial charge is 0.497 e. The summed E-state index contributed by atoms with van der Waals surface area (Å²) < 4.78 is 6.78. The Morgan fingerprint density at radius 3 is 2.78 bits per heavy atom. The molecule has 8 heteroatoms. The quantitative estimate of drug-likeness (QED) is 0.576. The first-order chi connectivity index (χ1) is 13.1. The molecule has 1 amide bonds. The zero-order valence-corrected chi connectivity index (χ0v) is 15.7. The lowest BCUT2D eigenvalue weighted by Gasteiger charge is -2.03. The van der Waals surface area contributed by atoms with Gasteiger partial charge in [-0.1, -0.05) is 0 Å². The first-order valence-corrected chi connectivity index (χ1v) is 9.20. The molecule has 0 fully saturated rings. The lowest BCUT2D eigenvalue weighted by atomic mass is 10.2. The third-order valence-electron chi connectivity index (χ3n) is 3.99. The first-order valence-electron chi connectivity index (χ1n) is 8.32. The van der Waals surface area contributed by atoms with Crippen molar-refractivity contribution in [2.45, 2.75) is 13.5 Å². The molecular formula is C19H17N5O2S. The molecule has 3 heterocycles. The molecule has 0 aliphatic rings. The number of nitrogens with one attached hydrogen (secondary N) is 1. The standard InChI is InChI=1S/C19H17N5O2S/c1-12-10-24-17(21-12)8-7-16(23-24)18(25)20-9-14-11-27-19(22-14)13-3-5-15(26-2)6-4-13/h3-8,10-11H,9H2,1-2H3,(H,20,25). The molecule has 4 rings (SSSR count). The summed E-state index contributed by atoms with van der Waals surface area (Å²) in [5, 5.41) is 9.99. The van der Waals surface area contributed by atoms with Gasteiger partial charge in [0, 0.05) is 10.9 Å². The topological polar surface area (TPSA) is 81.4 Å². The van der Waals surface area contributed by atoms with Gasteiger partial charge in [-0.2, -0.15) is 5.10 Å². The zero-order valence-electron chi connectivity index (χ0n) is 14.8. The molecule has 3 aromatic heterocycles. The predicted octanol–water partition coefficient (Wildman–Crippen LogP) is 3.10. The average Bonchev–Trinajstić information content (AvgIpc) is 3.31. The number of methoxy groups -OCH3 is 1. The summed E-state index contributed by atoms with van der Waals surface area (Å²) in [4.78, 5) is 21.3. The molecule has 0 saturated heterocycles. The van der Waals surface area contributed by atoms with Gasteiger partial charge in [0.2, 0.25) is 0 Å². The average molecular weight is 379 g/mol. The summed E-state index contributed by atoms with van der Waals surface area (Å²) in [7, 11) is 1.64. The highest BCUT2D eigenvalue weighted by molar-refractivity contribution is 7.13. The Morgan fingerprint density at radius 2 is 2.00 bits per heavy atom. The number of hydrogen-bond acceptors (Lipinski definition) is 6. The van der Waals surface area contributed by atoms with E-state index in [-0.39, 0.29) is 5.91 Å². The van der Waals surface area contributed by atoms with Crippen LogP contribution in [-0.2, 0) is 6.54 Å². The molecule has 0 bridgehead atoms. The Kier molecular flexibility index (Phi) is 4.55. The minimum absolute atomic E-state index is 0.248. The number of rotatable bonds is 5. The van der Waals surface area contributed by atoms with Crippen molar-refractivity contribution in [3.8, 4) is 16.3 Å². The maximum atomic E-state index is 12.4. The lowest BCUT2D eigenvalue weighted by molar-refractivity contribution is 0.0944. The van der Waals surface area contributed by atoms with Gasteiger partial charge in [-0.15, -0.1) is 11.3 Å². The molecule has 1 aromatic carbocycles. The number of carbonyl (C=O) groups is 1. The number of carbonyl (C=O) groups excluding carboxylic acids is 1. The molecule has 0 unspecified atom stereocenters. The van der Waals surface area contributed by atoms with E-state index in [2.05, 4.69) is 20.4 Å². The number of fused-ring (bicyclic) bond motifs is 1. The predicted molar refractivity (Wildman–Crippen MR) is 103 cm³/mol. The van der Waals surface area contributed by atoms with Gasteiger partial charge in [-0.25, -0.2) is 14.5 Å². The van der Waals surface area contributed by atoms with Gasteiger partial charge in [0.05, 0.1) is 31.2 Å². The van der Waals surface area contributed by atoms with E-state index in [4.69, 9.17) is 4.74 Å². The highest BCUT2D eigenvalue weighted by Gasteiger charge is 2.11. The van der Waals surface area contributed by atoms with Gasteiger partial charge in [0.1, 0.15) is 16.5 Å². The fourth-order valence-electron chi connectivity index (χ4n) is 2.64.